The number of carbonyl (C=O) groups excluding carboxylic acids is 1. The van der Waals surface area contributed by atoms with E-state index in [0.29, 0.717) is 15.4 Å². The molecular weight excluding hydrogens is 340 g/mol. The predicted octanol–water partition coefficient (Wildman–Crippen LogP) is 4.94. The van der Waals surface area contributed by atoms with Crippen molar-refractivity contribution >= 4 is 28.8 Å². The van der Waals surface area contributed by atoms with Gasteiger partial charge in [0.05, 0.1) is 5.69 Å². The van der Waals surface area contributed by atoms with E-state index < -0.39 is 0 Å². The molecule has 0 fully saturated rings. The van der Waals surface area contributed by atoms with Crippen molar-refractivity contribution in [2.24, 2.45) is 4.99 Å². The zero-order valence-corrected chi connectivity index (χ0v) is 15.1. The van der Waals surface area contributed by atoms with Gasteiger partial charge in [-0.2, -0.15) is 4.99 Å². The summed E-state index contributed by atoms with van der Waals surface area (Å²) in [7, 11) is 0. The minimum absolute atomic E-state index is 0.221. The molecule has 3 nitrogen and oxygen atoms in total. The van der Waals surface area contributed by atoms with E-state index in [1.807, 2.05) is 49.4 Å². The third kappa shape index (κ3) is 3.35. The molecule has 0 bridgehead atoms. The fraction of sp³-hybridized carbons (Fsp3) is 0.158. The smallest absolute Gasteiger partial charge is 0.279 e. The number of carbonyl (C=O) groups is 1. The zero-order chi connectivity index (χ0) is 17.1. The van der Waals surface area contributed by atoms with Crippen LogP contribution in [0.5, 0.6) is 0 Å². The number of nitrogens with zero attached hydrogens (tertiary/aromatic N) is 2. The van der Waals surface area contributed by atoms with Crippen LogP contribution in [0, 0.1) is 6.92 Å². The maximum absolute atomic E-state index is 12.4. The van der Waals surface area contributed by atoms with E-state index in [-0.39, 0.29) is 5.91 Å². The van der Waals surface area contributed by atoms with E-state index in [2.05, 4.69) is 16.5 Å². The lowest BCUT2D eigenvalue weighted by atomic mass is 10.1. The van der Waals surface area contributed by atoms with Gasteiger partial charge in [-0.1, -0.05) is 41.9 Å². The first-order valence-electron chi connectivity index (χ1n) is 7.70. The molecule has 1 amide bonds. The molecule has 0 radical (unpaired) electrons. The second-order valence-corrected chi connectivity index (χ2v) is 6.94. The highest BCUT2D eigenvalue weighted by atomic mass is 35.5. The van der Waals surface area contributed by atoms with Crippen LogP contribution in [0.4, 0.5) is 0 Å². The summed E-state index contributed by atoms with van der Waals surface area (Å²) in [4.78, 5) is 18.6. The lowest BCUT2D eigenvalue weighted by Crippen LogP contribution is -2.17. The van der Waals surface area contributed by atoms with Gasteiger partial charge in [0, 0.05) is 22.0 Å². The summed E-state index contributed by atoms with van der Waals surface area (Å²) in [6.07, 6.45) is 0. The Balaban J connectivity index is 2.10. The van der Waals surface area contributed by atoms with Crippen LogP contribution in [0.2, 0.25) is 5.02 Å². The summed E-state index contributed by atoms with van der Waals surface area (Å²) in [5.41, 5.74) is 2.75. The summed E-state index contributed by atoms with van der Waals surface area (Å²) in [6, 6.07) is 16.9. The molecule has 0 unspecified atom stereocenters. The number of amides is 1. The van der Waals surface area contributed by atoms with E-state index in [9.17, 15) is 4.79 Å². The summed E-state index contributed by atoms with van der Waals surface area (Å²) < 4.78 is 2.07. The number of aromatic nitrogens is 1. The highest BCUT2D eigenvalue weighted by Crippen LogP contribution is 2.26. The Bertz CT molecular complexity index is 924. The zero-order valence-electron chi connectivity index (χ0n) is 13.5. The molecule has 3 aromatic rings. The van der Waals surface area contributed by atoms with Crippen molar-refractivity contribution in [2.45, 2.75) is 20.4 Å². The lowest BCUT2D eigenvalue weighted by Gasteiger charge is -2.07. The highest BCUT2D eigenvalue weighted by Gasteiger charge is 2.13. The number of hydrogen-bond donors (Lipinski definition) is 0. The Morgan fingerprint density at radius 1 is 1.12 bits per heavy atom. The SMILES string of the molecule is CCn1c(-c2ccc(Cl)cc2)c(C)sc1=NC(=O)c1ccccc1. The van der Waals surface area contributed by atoms with Crippen molar-refractivity contribution in [3.05, 3.63) is 74.9 Å². The van der Waals surface area contributed by atoms with Gasteiger partial charge < -0.3 is 4.57 Å². The van der Waals surface area contributed by atoms with E-state index in [4.69, 9.17) is 11.6 Å². The molecule has 0 spiro atoms. The third-order valence-electron chi connectivity index (χ3n) is 3.73. The van der Waals surface area contributed by atoms with Crippen molar-refractivity contribution in [1.82, 2.24) is 4.57 Å². The Kier molecular flexibility index (Phi) is 4.97. The van der Waals surface area contributed by atoms with Crippen LogP contribution in [0.3, 0.4) is 0 Å². The number of halogens is 1. The molecule has 1 heterocycles. The Hall–Kier alpha value is -2.17. The summed E-state index contributed by atoms with van der Waals surface area (Å²) in [5, 5.41) is 0.707. The molecule has 0 N–H and O–H groups in total. The molecule has 24 heavy (non-hydrogen) atoms. The van der Waals surface area contributed by atoms with E-state index in [0.717, 1.165) is 22.7 Å². The molecule has 122 valence electrons. The van der Waals surface area contributed by atoms with Gasteiger partial charge in [-0.3, -0.25) is 4.79 Å². The van der Waals surface area contributed by atoms with Crippen molar-refractivity contribution in [1.29, 1.82) is 0 Å². The van der Waals surface area contributed by atoms with Crippen molar-refractivity contribution in [2.75, 3.05) is 0 Å². The van der Waals surface area contributed by atoms with Crippen LogP contribution < -0.4 is 4.80 Å². The number of rotatable bonds is 3. The predicted molar refractivity (Wildman–Crippen MR) is 99.5 cm³/mol. The number of hydrogen-bond acceptors (Lipinski definition) is 2. The molecule has 1 aromatic heterocycles. The summed E-state index contributed by atoms with van der Waals surface area (Å²) >= 11 is 7.52. The summed E-state index contributed by atoms with van der Waals surface area (Å²) in [6.45, 7) is 4.84. The van der Waals surface area contributed by atoms with Gasteiger partial charge in [-0.05, 0) is 43.7 Å². The number of aryl methyl sites for hydroxylation is 1. The minimum Gasteiger partial charge on any atom is -0.316 e. The van der Waals surface area contributed by atoms with Gasteiger partial charge in [-0.25, -0.2) is 0 Å². The monoisotopic (exact) mass is 356 g/mol. The molecule has 0 saturated carbocycles. The third-order valence-corrected chi connectivity index (χ3v) is 4.98. The lowest BCUT2D eigenvalue weighted by molar-refractivity contribution is 0.0998. The Morgan fingerprint density at radius 2 is 1.79 bits per heavy atom. The van der Waals surface area contributed by atoms with Crippen LogP contribution in [0.15, 0.2) is 59.6 Å². The standard InChI is InChI=1S/C19H17ClN2OS/c1-3-22-17(14-9-11-16(20)12-10-14)13(2)24-19(22)21-18(23)15-7-5-4-6-8-15/h4-12H,3H2,1-2H3. The van der Waals surface area contributed by atoms with E-state index in [1.54, 1.807) is 12.1 Å². The van der Waals surface area contributed by atoms with Crippen LogP contribution in [0.1, 0.15) is 22.2 Å². The van der Waals surface area contributed by atoms with Crippen molar-refractivity contribution in [3.63, 3.8) is 0 Å². The van der Waals surface area contributed by atoms with E-state index in [1.165, 1.54) is 11.3 Å². The topological polar surface area (TPSA) is 34.4 Å². The van der Waals surface area contributed by atoms with Crippen molar-refractivity contribution < 1.29 is 4.79 Å². The van der Waals surface area contributed by atoms with Crippen LogP contribution >= 0.6 is 22.9 Å². The maximum Gasteiger partial charge on any atom is 0.279 e. The average molecular weight is 357 g/mol. The molecule has 5 heteroatoms. The fourth-order valence-electron chi connectivity index (χ4n) is 2.60. The molecular formula is C19H17ClN2OS. The molecule has 0 aliphatic carbocycles. The first-order chi connectivity index (χ1) is 11.6. The van der Waals surface area contributed by atoms with Gasteiger partial charge in [0.1, 0.15) is 0 Å². The molecule has 3 rings (SSSR count). The molecule has 0 atom stereocenters. The quantitative estimate of drug-likeness (QED) is 0.654. The fourth-order valence-corrected chi connectivity index (χ4v) is 3.79. The van der Waals surface area contributed by atoms with Crippen LogP contribution in [0.25, 0.3) is 11.3 Å². The maximum atomic E-state index is 12.4. The first kappa shape index (κ1) is 16.7. The average Bonchev–Trinajstić information content (AvgIpc) is 2.91. The van der Waals surface area contributed by atoms with Gasteiger partial charge in [-0.15, -0.1) is 11.3 Å². The Morgan fingerprint density at radius 3 is 2.42 bits per heavy atom. The van der Waals surface area contributed by atoms with Gasteiger partial charge in [0.15, 0.2) is 4.80 Å². The minimum atomic E-state index is -0.221. The first-order valence-corrected chi connectivity index (χ1v) is 8.90. The number of thiazole rings is 1. The van der Waals surface area contributed by atoms with Crippen molar-refractivity contribution in [3.8, 4) is 11.3 Å². The second-order valence-electron chi connectivity index (χ2n) is 5.32. The van der Waals surface area contributed by atoms with Crippen LogP contribution in [-0.4, -0.2) is 10.5 Å². The van der Waals surface area contributed by atoms with Gasteiger partial charge in [0.2, 0.25) is 0 Å². The molecule has 0 aliphatic heterocycles. The largest absolute Gasteiger partial charge is 0.316 e. The normalized spacial score (nSPS) is 11.7. The Labute approximate surface area is 149 Å². The molecule has 0 saturated heterocycles. The molecule has 2 aromatic carbocycles. The van der Waals surface area contributed by atoms with Gasteiger partial charge >= 0.3 is 0 Å². The van der Waals surface area contributed by atoms with E-state index >= 15 is 0 Å². The summed E-state index contributed by atoms with van der Waals surface area (Å²) in [5.74, 6) is -0.221. The highest BCUT2D eigenvalue weighted by molar-refractivity contribution is 7.09. The molecule has 0 aliphatic rings. The second kappa shape index (κ2) is 7.16. The van der Waals surface area contributed by atoms with Gasteiger partial charge in [0.25, 0.3) is 5.91 Å². The number of benzene rings is 2. The van der Waals surface area contributed by atoms with Crippen LogP contribution in [-0.2, 0) is 6.54 Å².